The number of carbonyl (C=O) groups is 2. The molecule has 0 N–H and O–H groups in total. The van der Waals surface area contributed by atoms with Crippen molar-refractivity contribution >= 4 is 11.8 Å². The summed E-state index contributed by atoms with van der Waals surface area (Å²) in [6.45, 7) is 8.82. The number of aryl methyl sites for hydroxylation is 2. The van der Waals surface area contributed by atoms with Crippen LogP contribution in [0, 0.1) is 19.3 Å². The number of benzene rings is 1. The Balaban J connectivity index is 2.44. The molecule has 0 atom stereocenters. The van der Waals surface area contributed by atoms with Crippen molar-refractivity contribution in [2.24, 2.45) is 5.41 Å². The number of carbonyl (C=O) groups excluding carboxylic acids is 2. The molecule has 20 heavy (non-hydrogen) atoms. The molecular weight excluding hydrogens is 256 g/mol. The second-order valence-corrected chi connectivity index (χ2v) is 5.89. The van der Waals surface area contributed by atoms with Gasteiger partial charge in [-0.05, 0) is 31.0 Å². The topological polar surface area (TPSA) is 52.6 Å². The van der Waals surface area contributed by atoms with E-state index in [0.717, 1.165) is 11.1 Å². The van der Waals surface area contributed by atoms with E-state index in [1.54, 1.807) is 20.8 Å². The van der Waals surface area contributed by atoms with Gasteiger partial charge in [0.15, 0.2) is 19.0 Å². The zero-order valence-electron chi connectivity index (χ0n) is 12.8. The Morgan fingerprint density at radius 1 is 1.10 bits per heavy atom. The molecule has 0 saturated heterocycles. The van der Waals surface area contributed by atoms with Crippen LogP contribution in [0.4, 0.5) is 0 Å². The lowest BCUT2D eigenvalue weighted by Crippen LogP contribution is -2.27. The molecule has 0 amide bonds. The minimum absolute atomic E-state index is 0.113. The summed E-state index contributed by atoms with van der Waals surface area (Å²) in [6, 6.07) is 5.77. The highest BCUT2D eigenvalue weighted by Crippen LogP contribution is 2.19. The number of esters is 1. The van der Waals surface area contributed by atoms with Crippen LogP contribution in [0.1, 0.15) is 31.9 Å². The highest BCUT2D eigenvalue weighted by molar-refractivity contribution is 5.86. The molecule has 1 aromatic carbocycles. The Kier molecular flexibility index (Phi) is 5.31. The van der Waals surface area contributed by atoms with Gasteiger partial charge in [-0.3, -0.25) is 4.79 Å². The van der Waals surface area contributed by atoms with Crippen molar-refractivity contribution in [2.75, 3.05) is 13.2 Å². The normalized spacial score (nSPS) is 11.1. The molecule has 0 heterocycles. The van der Waals surface area contributed by atoms with Gasteiger partial charge in [0.25, 0.3) is 0 Å². The van der Waals surface area contributed by atoms with Gasteiger partial charge in [-0.1, -0.05) is 32.9 Å². The average Bonchev–Trinajstić information content (AvgIpc) is 2.35. The van der Waals surface area contributed by atoms with Crippen molar-refractivity contribution in [2.45, 2.75) is 34.6 Å². The molecule has 4 nitrogen and oxygen atoms in total. The third kappa shape index (κ3) is 5.03. The summed E-state index contributed by atoms with van der Waals surface area (Å²) >= 11 is 0. The monoisotopic (exact) mass is 278 g/mol. The van der Waals surface area contributed by atoms with E-state index in [2.05, 4.69) is 0 Å². The van der Waals surface area contributed by atoms with Gasteiger partial charge in [-0.2, -0.15) is 0 Å². The van der Waals surface area contributed by atoms with Crippen molar-refractivity contribution < 1.29 is 19.1 Å². The first-order chi connectivity index (χ1) is 9.20. The molecule has 1 aromatic rings. The minimum Gasteiger partial charge on any atom is -0.482 e. The quantitative estimate of drug-likeness (QED) is 0.777. The maximum absolute atomic E-state index is 11.6. The van der Waals surface area contributed by atoms with Crippen LogP contribution in [-0.2, 0) is 14.3 Å². The summed E-state index contributed by atoms with van der Waals surface area (Å²) in [7, 11) is 0. The molecule has 0 saturated carbocycles. The van der Waals surface area contributed by atoms with E-state index in [-0.39, 0.29) is 19.0 Å². The maximum atomic E-state index is 11.6. The fourth-order valence-electron chi connectivity index (χ4n) is 1.40. The van der Waals surface area contributed by atoms with Gasteiger partial charge in [0.1, 0.15) is 5.75 Å². The molecule has 0 aromatic heterocycles. The Hall–Kier alpha value is -1.84. The standard InChI is InChI=1S/C16H22O4/c1-11-6-7-12(2)13(8-11)19-10-15(18)20-9-14(17)16(3,4)5/h6-8H,9-10H2,1-5H3. The van der Waals surface area contributed by atoms with E-state index in [4.69, 9.17) is 9.47 Å². The third-order valence-electron chi connectivity index (χ3n) is 2.89. The van der Waals surface area contributed by atoms with Crippen molar-refractivity contribution in [1.29, 1.82) is 0 Å². The lowest BCUT2D eigenvalue weighted by Gasteiger charge is -2.16. The Bertz CT molecular complexity index is 498. The van der Waals surface area contributed by atoms with E-state index < -0.39 is 11.4 Å². The molecule has 0 bridgehead atoms. The maximum Gasteiger partial charge on any atom is 0.344 e. The number of hydrogen-bond acceptors (Lipinski definition) is 4. The van der Waals surface area contributed by atoms with Crippen LogP contribution < -0.4 is 4.74 Å². The van der Waals surface area contributed by atoms with Crippen LogP contribution in [-0.4, -0.2) is 25.0 Å². The molecule has 0 aliphatic heterocycles. The summed E-state index contributed by atoms with van der Waals surface area (Å²) in [4.78, 5) is 23.2. The van der Waals surface area contributed by atoms with E-state index in [9.17, 15) is 9.59 Å². The predicted molar refractivity (Wildman–Crippen MR) is 76.8 cm³/mol. The smallest absolute Gasteiger partial charge is 0.344 e. The Morgan fingerprint density at radius 3 is 2.35 bits per heavy atom. The minimum atomic E-state index is -0.538. The van der Waals surface area contributed by atoms with Gasteiger partial charge < -0.3 is 9.47 Å². The zero-order valence-corrected chi connectivity index (χ0v) is 12.8. The SMILES string of the molecule is Cc1ccc(C)c(OCC(=O)OCC(=O)C(C)(C)C)c1. The number of ketones is 1. The second kappa shape index (κ2) is 6.55. The van der Waals surface area contributed by atoms with Crippen LogP contribution in [0.2, 0.25) is 0 Å². The first-order valence-electron chi connectivity index (χ1n) is 6.59. The predicted octanol–water partition coefficient (Wildman–Crippen LogP) is 2.84. The lowest BCUT2D eigenvalue weighted by atomic mass is 9.91. The van der Waals surface area contributed by atoms with Gasteiger partial charge in [0.05, 0.1) is 0 Å². The second-order valence-electron chi connectivity index (χ2n) is 5.89. The van der Waals surface area contributed by atoms with Crippen molar-refractivity contribution in [1.82, 2.24) is 0 Å². The molecule has 0 radical (unpaired) electrons. The molecule has 0 fully saturated rings. The largest absolute Gasteiger partial charge is 0.482 e. The Labute approximate surface area is 120 Å². The number of Topliss-reactive ketones (excluding diaryl/α,β-unsaturated/α-hetero) is 1. The summed E-state index contributed by atoms with van der Waals surface area (Å²) in [5.74, 6) is 0.00481. The number of hydrogen-bond donors (Lipinski definition) is 0. The summed E-state index contributed by atoms with van der Waals surface area (Å²) in [5.41, 5.74) is 1.50. The van der Waals surface area contributed by atoms with Crippen molar-refractivity contribution in [3.63, 3.8) is 0 Å². The van der Waals surface area contributed by atoms with E-state index in [0.29, 0.717) is 5.75 Å². The molecule has 4 heteroatoms. The lowest BCUT2D eigenvalue weighted by molar-refractivity contribution is -0.151. The van der Waals surface area contributed by atoms with Crippen LogP contribution in [0.25, 0.3) is 0 Å². The average molecular weight is 278 g/mol. The Morgan fingerprint density at radius 2 is 1.75 bits per heavy atom. The first kappa shape index (κ1) is 16.2. The van der Waals surface area contributed by atoms with Crippen LogP contribution >= 0.6 is 0 Å². The molecule has 0 aliphatic carbocycles. The number of rotatable bonds is 5. The third-order valence-corrected chi connectivity index (χ3v) is 2.89. The van der Waals surface area contributed by atoms with Crippen LogP contribution in [0.3, 0.4) is 0 Å². The van der Waals surface area contributed by atoms with E-state index in [1.165, 1.54) is 0 Å². The van der Waals surface area contributed by atoms with Gasteiger partial charge in [0.2, 0.25) is 0 Å². The summed E-state index contributed by atoms with van der Waals surface area (Å²) < 4.78 is 10.3. The highest BCUT2D eigenvalue weighted by atomic mass is 16.6. The molecule has 0 spiro atoms. The zero-order chi connectivity index (χ0) is 15.3. The van der Waals surface area contributed by atoms with E-state index in [1.807, 2.05) is 32.0 Å². The molecule has 0 unspecified atom stereocenters. The first-order valence-corrected chi connectivity index (χ1v) is 6.59. The van der Waals surface area contributed by atoms with Crippen molar-refractivity contribution in [3.05, 3.63) is 29.3 Å². The fourth-order valence-corrected chi connectivity index (χ4v) is 1.40. The van der Waals surface area contributed by atoms with Gasteiger partial charge in [-0.15, -0.1) is 0 Å². The molecule has 110 valence electrons. The molecule has 0 aliphatic rings. The number of ether oxygens (including phenoxy) is 2. The van der Waals surface area contributed by atoms with E-state index >= 15 is 0 Å². The van der Waals surface area contributed by atoms with Crippen LogP contribution in [0.15, 0.2) is 18.2 Å². The van der Waals surface area contributed by atoms with Crippen molar-refractivity contribution in [3.8, 4) is 5.75 Å². The highest BCUT2D eigenvalue weighted by Gasteiger charge is 2.22. The van der Waals surface area contributed by atoms with Crippen LogP contribution in [0.5, 0.6) is 5.75 Å². The van der Waals surface area contributed by atoms with Gasteiger partial charge in [-0.25, -0.2) is 4.79 Å². The molecule has 1 rings (SSSR count). The van der Waals surface area contributed by atoms with Gasteiger partial charge >= 0.3 is 5.97 Å². The fraction of sp³-hybridized carbons (Fsp3) is 0.500. The summed E-state index contributed by atoms with van der Waals surface area (Å²) in [5, 5.41) is 0. The van der Waals surface area contributed by atoms with Gasteiger partial charge in [0, 0.05) is 5.41 Å². The summed E-state index contributed by atoms with van der Waals surface area (Å²) in [6.07, 6.45) is 0. The molecular formula is C16H22O4.